The zero-order valence-electron chi connectivity index (χ0n) is 13.4. The van der Waals surface area contributed by atoms with Gasteiger partial charge in [-0.2, -0.15) is 23.1 Å². The normalized spacial score (nSPS) is 12.8. The van der Waals surface area contributed by atoms with Gasteiger partial charge in [-0.05, 0) is 26.0 Å². The van der Waals surface area contributed by atoms with Crippen molar-refractivity contribution in [3.8, 4) is 11.4 Å². The molecule has 0 radical (unpaired) electrons. The predicted octanol–water partition coefficient (Wildman–Crippen LogP) is 3.36. The Bertz CT molecular complexity index is 918. The monoisotopic (exact) mass is 368 g/mol. The molecule has 1 aromatic carbocycles. The highest BCUT2D eigenvalue weighted by Gasteiger charge is 2.38. The topological polar surface area (TPSA) is 104 Å². The molecule has 0 bridgehead atoms. The second kappa shape index (κ2) is 6.58. The van der Waals surface area contributed by atoms with E-state index in [1.54, 1.807) is 13.8 Å². The van der Waals surface area contributed by atoms with Crippen LogP contribution in [0.25, 0.3) is 11.4 Å². The molecule has 2 heterocycles. The van der Waals surface area contributed by atoms with E-state index in [0.29, 0.717) is 5.82 Å². The highest BCUT2D eigenvalue weighted by molar-refractivity contribution is 5.90. The number of benzene rings is 1. The molecule has 0 aliphatic rings. The highest BCUT2D eigenvalue weighted by atomic mass is 19.4. The number of alkyl halides is 3. The molecule has 0 unspecified atom stereocenters. The van der Waals surface area contributed by atoms with Crippen LogP contribution < -0.4 is 0 Å². The van der Waals surface area contributed by atoms with Gasteiger partial charge in [0.05, 0.1) is 5.56 Å². The first-order valence-corrected chi connectivity index (χ1v) is 7.26. The number of ether oxygens (including phenoxy) is 1. The van der Waals surface area contributed by atoms with E-state index in [4.69, 9.17) is 9.26 Å². The minimum Gasteiger partial charge on any atom is -0.449 e. The first kappa shape index (κ1) is 17.6. The number of nitrogens with zero attached hydrogens (tertiary/aromatic N) is 4. The van der Waals surface area contributed by atoms with Crippen LogP contribution in [0.3, 0.4) is 0 Å². The minimum atomic E-state index is -4.72. The van der Waals surface area contributed by atoms with Crippen molar-refractivity contribution in [2.45, 2.75) is 26.1 Å². The Morgan fingerprint density at radius 3 is 2.35 bits per heavy atom. The summed E-state index contributed by atoms with van der Waals surface area (Å²) in [4.78, 5) is 19.3. The molecule has 0 aliphatic carbocycles. The van der Waals surface area contributed by atoms with E-state index in [9.17, 15) is 18.0 Å². The van der Waals surface area contributed by atoms with Crippen LogP contribution in [-0.4, -0.2) is 26.3 Å². The summed E-state index contributed by atoms with van der Waals surface area (Å²) in [5.41, 5.74) is 0.428. The average Bonchev–Trinajstić information content (AvgIpc) is 3.23. The van der Waals surface area contributed by atoms with Crippen molar-refractivity contribution in [1.29, 1.82) is 0 Å². The summed E-state index contributed by atoms with van der Waals surface area (Å²) in [6.07, 6.45) is -5.48. The lowest BCUT2D eigenvalue weighted by Crippen LogP contribution is -2.09. The van der Waals surface area contributed by atoms with E-state index < -0.39 is 24.1 Å². The molecule has 0 fully saturated rings. The molecular formula is C15H11F3N4O4. The van der Waals surface area contributed by atoms with Gasteiger partial charge in [0.1, 0.15) is 0 Å². The van der Waals surface area contributed by atoms with Crippen LogP contribution in [0.5, 0.6) is 0 Å². The molecule has 3 rings (SSSR count). The Labute approximate surface area is 144 Å². The van der Waals surface area contributed by atoms with Crippen molar-refractivity contribution < 1.29 is 31.7 Å². The first-order chi connectivity index (χ1) is 12.2. The number of aromatic nitrogens is 4. The Kier molecular flexibility index (Phi) is 4.45. The smallest absolute Gasteiger partial charge is 0.449 e. The van der Waals surface area contributed by atoms with Crippen molar-refractivity contribution >= 4 is 5.97 Å². The van der Waals surface area contributed by atoms with Crippen LogP contribution >= 0.6 is 0 Å². The quantitative estimate of drug-likeness (QED) is 0.646. The van der Waals surface area contributed by atoms with Crippen molar-refractivity contribution in [3.05, 3.63) is 47.4 Å². The lowest BCUT2D eigenvalue weighted by atomic mass is 10.1. The highest BCUT2D eigenvalue weighted by Crippen LogP contribution is 2.29. The third-order valence-electron chi connectivity index (χ3n) is 3.22. The van der Waals surface area contributed by atoms with Gasteiger partial charge in [-0.1, -0.05) is 22.4 Å². The number of halogens is 3. The molecule has 11 heteroatoms. The fourth-order valence-electron chi connectivity index (χ4n) is 1.97. The summed E-state index contributed by atoms with van der Waals surface area (Å²) in [6.45, 7) is 3.19. The number of carbonyl (C=O) groups is 1. The molecule has 3 aromatic rings. The number of rotatable bonds is 4. The number of hydrogen-bond acceptors (Lipinski definition) is 8. The van der Waals surface area contributed by atoms with Gasteiger partial charge in [0.25, 0.3) is 5.89 Å². The van der Waals surface area contributed by atoms with Gasteiger partial charge in [0.2, 0.25) is 5.82 Å². The van der Waals surface area contributed by atoms with Gasteiger partial charge in [-0.3, -0.25) is 0 Å². The van der Waals surface area contributed by atoms with E-state index in [1.807, 2.05) is 0 Å². The van der Waals surface area contributed by atoms with E-state index in [1.165, 1.54) is 24.3 Å². The van der Waals surface area contributed by atoms with E-state index in [2.05, 4.69) is 24.8 Å². The Morgan fingerprint density at radius 1 is 1.12 bits per heavy atom. The summed E-state index contributed by atoms with van der Waals surface area (Å²) < 4.78 is 51.7. The van der Waals surface area contributed by atoms with Gasteiger partial charge in [-0.15, -0.1) is 0 Å². The number of aryl methyl sites for hydroxylation is 1. The molecule has 136 valence electrons. The number of esters is 1. The van der Waals surface area contributed by atoms with Crippen LogP contribution in [0.1, 0.15) is 41.0 Å². The standard InChI is InChI=1S/C15H11F3N4O4/c1-7(12-19-8(2)21-25-12)24-13(23)10-5-3-9(4-6-10)11-20-14(26-22-11)15(16,17)18/h3-7H,1-2H3/t7-/m0/s1. The number of carbonyl (C=O) groups excluding carboxylic acids is 1. The van der Waals surface area contributed by atoms with Crippen LogP contribution in [0.2, 0.25) is 0 Å². The molecule has 2 aromatic heterocycles. The van der Waals surface area contributed by atoms with Gasteiger partial charge >= 0.3 is 18.0 Å². The van der Waals surface area contributed by atoms with Gasteiger partial charge in [0, 0.05) is 5.56 Å². The van der Waals surface area contributed by atoms with Crippen LogP contribution in [0.4, 0.5) is 13.2 Å². The molecule has 0 aliphatic heterocycles. The first-order valence-electron chi connectivity index (χ1n) is 7.26. The Morgan fingerprint density at radius 2 is 1.81 bits per heavy atom. The molecule has 0 saturated carbocycles. The van der Waals surface area contributed by atoms with Crippen molar-refractivity contribution in [3.63, 3.8) is 0 Å². The Hall–Kier alpha value is -3.24. The number of hydrogen-bond donors (Lipinski definition) is 0. The maximum absolute atomic E-state index is 12.5. The molecule has 8 nitrogen and oxygen atoms in total. The van der Waals surface area contributed by atoms with E-state index in [-0.39, 0.29) is 22.8 Å². The molecular weight excluding hydrogens is 357 g/mol. The molecule has 0 saturated heterocycles. The zero-order valence-corrected chi connectivity index (χ0v) is 13.4. The maximum Gasteiger partial charge on any atom is 0.471 e. The summed E-state index contributed by atoms with van der Waals surface area (Å²) in [5.74, 6) is -1.79. The van der Waals surface area contributed by atoms with Crippen molar-refractivity contribution in [2.75, 3.05) is 0 Å². The fraction of sp³-hybridized carbons (Fsp3) is 0.267. The minimum absolute atomic E-state index is 0.152. The van der Waals surface area contributed by atoms with E-state index in [0.717, 1.165) is 0 Å². The summed E-state index contributed by atoms with van der Waals surface area (Å²) in [5, 5.41) is 6.87. The fourth-order valence-corrected chi connectivity index (χ4v) is 1.97. The van der Waals surface area contributed by atoms with Crippen molar-refractivity contribution in [1.82, 2.24) is 20.3 Å². The van der Waals surface area contributed by atoms with Gasteiger partial charge < -0.3 is 13.8 Å². The molecule has 0 amide bonds. The third kappa shape index (κ3) is 3.71. The average molecular weight is 368 g/mol. The second-order valence-corrected chi connectivity index (χ2v) is 5.23. The summed E-state index contributed by atoms with van der Waals surface area (Å²) >= 11 is 0. The zero-order chi connectivity index (χ0) is 18.9. The lowest BCUT2D eigenvalue weighted by Gasteiger charge is -2.09. The summed E-state index contributed by atoms with van der Waals surface area (Å²) in [6, 6.07) is 5.49. The second-order valence-electron chi connectivity index (χ2n) is 5.23. The molecule has 1 atom stereocenters. The lowest BCUT2D eigenvalue weighted by molar-refractivity contribution is -0.159. The van der Waals surface area contributed by atoms with Crippen LogP contribution in [0.15, 0.2) is 33.3 Å². The SMILES string of the molecule is Cc1noc([C@H](C)OC(=O)c2ccc(-c3noc(C(F)(F)F)n3)cc2)n1. The van der Waals surface area contributed by atoms with Gasteiger partial charge in [0.15, 0.2) is 11.9 Å². The van der Waals surface area contributed by atoms with Crippen LogP contribution in [0, 0.1) is 6.92 Å². The molecule has 0 spiro atoms. The third-order valence-corrected chi connectivity index (χ3v) is 3.22. The van der Waals surface area contributed by atoms with Crippen LogP contribution in [-0.2, 0) is 10.9 Å². The van der Waals surface area contributed by atoms with Crippen molar-refractivity contribution in [2.24, 2.45) is 0 Å². The largest absolute Gasteiger partial charge is 0.471 e. The molecule has 0 N–H and O–H groups in total. The van der Waals surface area contributed by atoms with Gasteiger partial charge in [-0.25, -0.2) is 4.79 Å². The van der Waals surface area contributed by atoms with E-state index >= 15 is 0 Å². The molecule has 26 heavy (non-hydrogen) atoms. The Balaban J connectivity index is 1.71. The maximum atomic E-state index is 12.5. The predicted molar refractivity (Wildman–Crippen MR) is 77.6 cm³/mol. The summed E-state index contributed by atoms with van der Waals surface area (Å²) in [7, 11) is 0.